The van der Waals surface area contributed by atoms with E-state index < -0.39 is 0 Å². The van der Waals surface area contributed by atoms with Gasteiger partial charge >= 0.3 is 0 Å². The van der Waals surface area contributed by atoms with E-state index in [0.717, 1.165) is 24.3 Å². The first-order valence-electron chi connectivity index (χ1n) is 6.19. The molecule has 0 saturated heterocycles. The standard InChI is InChI=1S/C14H18FN3/c1-3-6-18-10-16-8-13(18)9-17-12-5-4-11(2)14(15)7-12/h4-5,7-8,10,17H,3,6,9H2,1-2H3. The van der Waals surface area contributed by atoms with E-state index in [4.69, 9.17) is 0 Å². The molecular formula is C14H18FN3. The van der Waals surface area contributed by atoms with Gasteiger partial charge < -0.3 is 9.88 Å². The minimum Gasteiger partial charge on any atom is -0.379 e. The number of benzene rings is 1. The predicted molar refractivity (Wildman–Crippen MR) is 71.0 cm³/mol. The Kier molecular flexibility index (Phi) is 3.97. The topological polar surface area (TPSA) is 29.9 Å². The van der Waals surface area contributed by atoms with Crippen LogP contribution < -0.4 is 5.32 Å². The van der Waals surface area contributed by atoms with Crippen molar-refractivity contribution in [2.45, 2.75) is 33.4 Å². The SMILES string of the molecule is CCCn1cncc1CNc1ccc(C)c(F)c1. The third-order valence-corrected chi connectivity index (χ3v) is 2.91. The Morgan fingerprint density at radius 3 is 2.94 bits per heavy atom. The van der Waals surface area contributed by atoms with E-state index >= 15 is 0 Å². The Morgan fingerprint density at radius 2 is 2.22 bits per heavy atom. The maximum absolute atomic E-state index is 13.4. The third kappa shape index (κ3) is 2.88. The molecule has 96 valence electrons. The molecule has 2 aromatic rings. The van der Waals surface area contributed by atoms with E-state index in [1.54, 1.807) is 13.0 Å². The molecule has 1 N–H and O–H groups in total. The second-order valence-corrected chi connectivity index (χ2v) is 4.40. The summed E-state index contributed by atoms with van der Waals surface area (Å²) in [4.78, 5) is 4.13. The molecular weight excluding hydrogens is 229 g/mol. The smallest absolute Gasteiger partial charge is 0.128 e. The molecule has 0 spiro atoms. The van der Waals surface area contributed by atoms with Crippen LogP contribution in [0.1, 0.15) is 24.6 Å². The number of nitrogens with one attached hydrogen (secondary N) is 1. The van der Waals surface area contributed by atoms with Gasteiger partial charge in [-0.1, -0.05) is 13.0 Å². The third-order valence-electron chi connectivity index (χ3n) is 2.91. The molecule has 0 aliphatic heterocycles. The molecule has 0 unspecified atom stereocenters. The van der Waals surface area contributed by atoms with E-state index in [9.17, 15) is 4.39 Å². The Balaban J connectivity index is 2.02. The molecule has 1 aromatic carbocycles. The zero-order valence-corrected chi connectivity index (χ0v) is 10.8. The Hall–Kier alpha value is -1.84. The van der Waals surface area contributed by atoms with Gasteiger partial charge in [0, 0.05) is 18.4 Å². The van der Waals surface area contributed by atoms with Gasteiger partial charge in [0.2, 0.25) is 0 Å². The number of aromatic nitrogens is 2. The first kappa shape index (κ1) is 12.6. The van der Waals surface area contributed by atoms with Crippen molar-refractivity contribution in [1.82, 2.24) is 9.55 Å². The summed E-state index contributed by atoms with van der Waals surface area (Å²) in [6.45, 7) is 5.50. The summed E-state index contributed by atoms with van der Waals surface area (Å²) in [5.41, 5.74) is 2.57. The van der Waals surface area contributed by atoms with Gasteiger partial charge in [-0.15, -0.1) is 0 Å². The highest BCUT2D eigenvalue weighted by Gasteiger charge is 2.02. The second-order valence-electron chi connectivity index (χ2n) is 4.40. The normalized spacial score (nSPS) is 10.6. The quantitative estimate of drug-likeness (QED) is 0.878. The van der Waals surface area contributed by atoms with Gasteiger partial charge in [-0.2, -0.15) is 0 Å². The van der Waals surface area contributed by atoms with Crippen molar-refractivity contribution < 1.29 is 4.39 Å². The fourth-order valence-electron chi connectivity index (χ4n) is 1.83. The van der Waals surface area contributed by atoms with Crippen molar-refractivity contribution in [1.29, 1.82) is 0 Å². The molecule has 4 heteroatoms. The van der Waals surface area contributed by atoms with E-state index in [1.165, 1.54) is 6.07 Å². The summed E-state index contributed by atoms with van der Waals surface area (Å²) in [6, 6.07) is 5.19. The maximum atomic E-state index is 13.4. The largest absolute Gasteiger partial charge is 0.379 e. The van der Waals surface area contributed by atoms with E-state index in [0.29, 0.717) is 12.1 Å². The van der Waals surface area contributed by atoms with Crippen molar-refractivity contribution in [3.05, 3.63) is 47.8 Å². The van der Waals surface area contributed by atoms with Gasteiger partial charge in [0.1, 0.15) is 5.82 Å². The zero-order valence-electron chi connectivity index (χ0n) is 10.8. The second kappa shape index (κ2) is 5.67. The van der Waals surface area contributed by atoms with Crippen LogP contribution >= 0.6 is 0 Å². The molecule has 0 aliphatic rings. The van der Waals surface area contributed by atoms with Gasteiger partial charge in [0.25, 0.3) is 0 Å². The van der Waals surface area contributed by atoms with Gasteiger partial charge in [-0.25, -0.2) is 9.37 Å². The highest BCUT2D eigenvalue weighted by Crippen LogP contribution is 2.14. The van der Waals surface area contributed by atoms with Crippen LogP contribution in [0.5, 0.6) is 0 Å². The average molecular weight is 247 g/mol. The van der Waals surface area contributed by atoms with Gasteiger partial charge in [0.05, 0.1) is 18.6 Å². The molecule has 1 heterocycles. The predicted octanol–water partition coefficient (Wildman–Crippen LogP) is 3.35. The summed E-state index contributed by atoms with van der Waals surface area (Å²) in [5.74, 6) is -0.179. The minimum atomic E-state index is -0.179. The molecule has 3 nitrogen and oxygen atoms in total. The molecule has 0 aliphatic carbocycles. The fraction of sp³-hybridized carbons (Fsp3) is 0.357. The molecule has 1 aromatic heterocycles. The Bertz CT molecular complexity index is 520. The van der Waals surface area contributed by atoms with Crippen LogP contribution in [-0.2, 0) is 13.1 Å². The summed E-state index contributed by atoms with van der Waals surface area (Å²) in [6.07, 6.45) is 4.74. The van der Waals surface area contributed by atoms with E-state index in [-0.39, 0.29) is 5.82 Å². The maximum Gasteiger partial charge on any atom is 0.128 e. The summed E-state index contributed by atoms with van der Waals surface area (Å²) in [7, 11) is 0. The molecule has 0 radical (unpaired) electrons. The van der Waals surface area contributed by atoms with Crippen LogP contribution in [0, 0.1) is 12.7 Å². The number of hydrogen-bond acceptors (Lipinski definition) is 2. The first-order chi connectivity index (χ1) is 8.70. The summed E-state index contributed by atoms with van der Waals surface area (Å²) < 4.78 is 15.5. The Morgan fingerprint density at radius 1 is 1.39 bits per heavy atom. The fourth-order valence-corrected chi connectivity index (χ4v) is 1.83. The van der Waals surface area contributed by atoms with Gasteiger partial charge in [-0.3, -0.25) is 0 Å². The highest BCUT2D eigenvalue weighted by molar-refractivity contribution is 5.45. The highest BCUT2D eigenvalue weighted by atomic mass is 19.1. The van der Waals surface area contributed by atoms with E-state index in [2.05, 4.69) is 21.8 Å². The molecule has 0 fully saturated rings. The van der Waals surface area contributed by atoms with Crippen LogP contribution in [-0.4, -0.2) is 9.55 Å². The van der Waals surface area contributed by atoms with Crippen molar-refractivity contribution in [2.24, 2.45) is 0 Å². The van der Waals surface area contributed by atoms with Crippen molar-refractivity contribution in [3.8, 4) is 0 Å². The lowest BCUT2D eigenvalue weighted by atomic mass is 10.2. The van der Waals surface area contributed by atoms with Crippen LogP contribution in [0.15, 0.2) is 30.7 Å². The summed E-state index contributed by atoms with van der Waals surface area (Å²) >= 11 is 0. The molecule has 0 amide bonds. The number of rotatable bonds is 5. The molecule has 2 rings (SSSR count). The number of aryl methyl sites for hydroxylation is 2. The van der Waals surface area contributed by atoms with Gasteiger partial charge in [0.15, 0.2) is 0 Å². The lowest BCUT2D eigenvalue weighted by Gasteiger charge is -2.09. The molecule has 0 saturated carbocycles. The van der Waals surface area contributed by atoms with Crippen molar-refractivity contribution in [2.75, 3.05) is 5.32 Å². The monoisotopic (exact) mass is 247 g/mol. The lowest BCUT2D eigenvalue weighted by Crippen LogP contribution is -2.07. The number of anilines is 1. The Labute approximate surface area is 107 Å². The van der Waals surface area contributed by atoms with Crippen LogP contribution in [0.2, 0.25) is 0 Å². The number of halogens is 1. The minimum absolute atomic E-state index is 0.179. The first-order valence-corrected chi connectivity index (χ1v) is 6.19. The zero-order chi connectivity index (χ0) is 13.0. The van der Waals surface area contributed by atoms with Crippen LogP contribution in [0.4, 0.5) is 10.1 Å². The molecule has 0 bridgehead atoms. The summed E-state index contributed by atoms with van der Waals surface area (Å²) in [5, 5.41) is 3.21. The van der Waals surface area contributed by atoms with Crippen LogP contribution in [0.25, 0.3) is 0 Å². The number of hydrogen-bond donors (Lipinski definition) is 1. The average Bonchev–Trinajstić information content (AvgIpc) is 2.79. The van der Waals surface area contributed by atoms with Crippen LogP contribution in [0.3, 0.4) is 0 Å². The molecule has 18 heavy (non-hydrogen) atoms. The lowest BCUT2D eigenvalue weighted by molar-refractivity contribution is 0.618. The number of nitrogens with zero attached hydrogens (tertiary/aromatic N) is 2. The molecule has 0 atom stereocenters. The van der Waals surface area contributed by atoms with Crippen molar-refractivity contribution in [3.63, 3.8) is 0 Å². The van der Waals surface area contributed by atoms with E-state index in [1.807, 2.05) is 18.6 Å². The van der Waals surface area contributed by atoms with Crippen molar-refractivity contribution >= 4 is 5.69 Å². The number of imidazole rings is 1. The van der Waals surface area contributed by atoms with Gasteiger partial charge in [-0.05, 0) is 31.0 Å².